The van der Waals surface area contributed by atoms with Crippen LogP contribution in [0.1, 0.15) is 35.8 Å². The van der Waals surface area contributed by atoms with Crippen LogP contribution in [0.4, 0.5) is 0 Å². The second-order valence-corrected chi connectivity index (χ2v) is 5.40. The minimum absolute atomic E-state index is 0.434. The number of furan rings is 1. The molecule has 2 heteroatoms. The highest BCUT2D eigenvalue weighted by molar-refractivity contribution is 5.32. The van der Waals surface area contributed by atoms with Crippen LogP contribution in [0, 0.1) is 5.92 Å². The van der Waals surface area contributed by atoms with Crippen molar-refractivity contribution in [2.75, 3.05) is 7.05 Å². The summed E-state index contributed by atoms with van der Waals surface area (Å²) in [4.78, 5) is 0. The first-order chi connectivity index (χ1) is 9.38. The maximum atomic E-state index is 5.53. The molecule has 100 valence electrons. The van der Waals surface area contributed by atoms with Gasteiger partial charge in [0.2, 0.25) is 0 Å². The van der Waals surface area contributed by atoms with Crippen molar-refractivity contribution >= 4 is 0 Å². The molecule has 3 rings (SSSR count). The van der Waals surface area contributed by atoms with Crippen LogP contribution in [0.15, 0.2) is 47.1 Å². The third-order valence-corrected chi connectivity index (χ3v) is 4.24. The van der Waals surface area contributed by atoms with Gasteiger partial charge in [-0.3, -0.25) is 0 Å². The van der Waals surface area contributed by atoms with Crippen LogP contribution in [0.5, 0.6) is 0 Å². The second-order valence-electron chi connectivity index (χ2n) is 5.40. The van der Waals surface area contributed by atoms with Gasteiger partial charge in [0.1, 0.15) is 5.76 Å². The Bertz CT molecular complexity index is 518. The Labute approximate surface area is 114 Å². The summed E-state index contributed by atoms with van der Waals surface area (Å²) in [5, 5.41) is 3.52. The Morgan fingerprint density at radius 1 is 1.21 bits per heavy atom. The van der Waals surface area contributed by atoms with Crippen molar-refractivity contribution in [2.24, 2.45) is 5.92 Å². The summed E-state index contributed by atoms with van der Waals surface area (Å²) >= 11 is 0. The molecule has 0 amide bonds. The first kappa shape index (κ1) is 12.5. The summed E-state index contributed by atoms with van der Waals surface area (Å²) in [6, 6.07) is 13.4. The average Bonchev–Trinajstić information content (AvgIpc) is 2.87. The summed E-state index contributed by atoms with van der Waals surface area (Å²) in [5.41, 5.74) is 2.97. The lowest BCUT2D eigenvalue weighted by atomic mass is 9.87. The van der Waals surface area contributed by atoms with Gasteiger partial charge in [0.15, 0.2) is 0 Å². The first-order valence-electron chi connectivity index (χ1n) is 7.16. The molecule has 1 aliphatic carbocycles. The fourth-order valence-electron chi connectivity index (χ4n) is 3.34. The molecule has 1 aliphatic rings. The van der Waals surface area contributed by atoms with E-state index in [0.717, 1.165) is 12.2 Å². The van der Waals surface area contributed by atoms with Crippen molar-refractivity contribution in [2.45, 2.75) is 31.7 Å². The van der Waals surface area contributed by atoms with E-state index in [1.165, 1.54) is 30.4 Å². The predicted octanol–water partition coefficient (Wildman–Crippen LogP) is 3.74. The standard InChI is InChI=1S/C17H21NO/c1-18-17-14(12-15-9-5-11-19-15)8-4-7-13-6-2-3-10-16(13)17/h2-3,5-6,9-11,14,17-18H,4,7-8,12H2,1H3. The summed E-state index contributed by atoms with van der Waals surface area (Å²) < 4.78 is 5.53. The lowest BCUT2D eigenvalue weighted by Gasteiger charge is -2.25. The zero-order valence-corrected chi connectivity index (χ0v) is 11.4. The minimum Gasteiger partial charge on any atom is -0.469 e. The molecule has 1 aromatic heterocycles. The Kier molecular flexibility index (Phi) is 3.69. The third kappa shape index (κ3) is 2.59. The van der Waals surface area contributed by atoms with Crippen molar-refractivity contribution in [3.8, 4) is 0 Å². The fourth-order valence-corrected chi connectivity index (χ4v) is 3.34. The van der Waals surface area contributed by atoms with Crippen LogP contribution < -0.4 is 5.32 Å². The van der Waals surface area contributed by atoms with E-state index >= 15 is 0 Å². The maximum absolute atomic E-state index is 5.53. The van der Waals surface area contributed by atoms with E-state index in [1.807, 2.05) is 6.07 Å². The van der Waals surface area contributed by atoms with E-state index in [0.29, 0.717) is 12.0 Å². The van der Waals surface area contributed by atoms with E-state index in [1.54, 1.807) is 6.26 Å². The molecule has 2 aromatic rings. The Morgan fingerprint density at radius 2 is 2.11 bits per heavy atom. The van der Waals surface area contributed by atoms with Crippen LogP contribution >= 0.6 is 0 Å². The minimum atomic E-state index is 0.434. The van der Waals surface area contributed by atoms with Crippen molar-refractivity contribution in [3.05, 3.63) is 59.5 Å². The second kappa shape index (κ2) is 5.62. The lowest BCUT2D eigenvalue weighted by Crippen LogP contribution is -2.26. The highest BCUT2D eigenvalue weighted by atomic mass is 16.3. The molecule has 0 radical (unpaired) electrons. The molecule has 1 aromatic carbocycles. The highest BCUT2D eigenvalue weighted by Crippen LogP contribution is 2.35. The van der Waals surface area contributed by atoms with E-state index in [2.05, 4.69) is 42.7 Å². The number of fused-ring (bicyclic) bond motifs is 1. The molecule has 19 heavy (non-hydrogen) atoms. The molecular formula is C17H21NO. The zero-order chi connectivity index (χ0) is 13.1. The van der Waals surface area contributed by atoms with Crippen molar-refractivity contribution in [3.63, 3.8) is 0 Å². The van der Waals surface area contributed by atoms with Crippen LogP contribution in [0.25, 0.3) is 0 Å². The molecule has 2 atom stereocenters. The number of aryl methyl sites for hydroxylation is 1. The Morgan fingerprint density at radius 3 is 2.89 bits per heavy atom. The van der Waals surface area contributed by atoms with Crippen molar-refractivity contribution in [1.82, 2.24) is 5.32 Å². The first-order valence-corrected chi connectivity index (χ1v) is 7.16. The van der Waals surface area contributed by atoms with E-state index in [4.69, 9.17) is 4.42 Å². The van der Waals surface area contributed by atoms with E-state index < -0.39 is 0 Å². The molecular weight excluding hydrogens is 234 g/mol. The molecule has 0 saturated heterocycles. The topological polar surface area (TPSA) is 25.2 Å². The molecule has 0 spiro atoms. The lowest BCUT2D eigenvalue weighted by molar-refractivity contribution is 0.334. The number of hydrogen-bond acceptors (Lipinski definition) is 2. The summed E-state index contributed by atoms with van der Waals surface area (Å²) in [5.74, 6) is 1.71. The molecule has 0 bridgehead atoms. The molecule has 0 aliphatic heterocycles. The SMILES string of the molecule is CNC1c2ccccc2CCCC1Cc1ccco1. The van der Waals surface area contributed by atoms with Gasteiger partial charge in [-0.15, -0.1) is 0 Å². The smallest absolute Gasteiger partial charge is 0.104 e. The van der Waals surface area contributed by atoms with Crippen LogP contribution in [-0.2, 0) is 12.8 Å². The van der Waals surface area contributed by atoms with Crippen LogP contribution in [0.3, 0.4) is 0 Å². The zero-order valence-electron chi connectivity index (χ0n) is 11.4. The van der Waals surface area contributed by atoms with Crippen LogP contribution in [0.2, 0.25) is 0 Å². The highest BCUT2D eigenvalue weighted by Gasteiger charge is 2.27. The number of nitrogens with one attached hydrogen (secondary N) is 1. The van der Waals surface area contributed by atoms with E-state index in [-0.39, 0.29) is 0 Å². The molecule has 2 nitrogen and oxygen atoms in total. The van der Waals surface area contributed by atoms with Gasteiger partial charge in [0, 0.05) is 12.5 Å². The van der Waals surface area contributed by atoms with Gasteiger partial charge in [-0.25, -0.2) is 0 Å². The van der Waals surface area contributed by atoms with Gasteiger partial charge in [-0.05, 0) is 55.5 Å². The van der Waals surface area contributed by atoms with Gasteiger partial charge >= 0.3 is 0 Å². The molecule has 2 unspecified atom stereocenters. The average molecular weight is 255 g/mol. The molecule has 1 heterocycles. The van der Waals surface area contributed by atoms with Gasteiger partial charge < -0.3 is 9.73 Å². The van der Waals surface area contributed by atoms with Crippen LogP contribution in [-0.4, -0.2) is 7.05 Å². The molecule has 1 N–H and O–H groups in total. The fraction of sp³-hybridized carbons (Fsp3) is 0.412. The number of rotatable bonds is 3. The Hall–Kier alpha value is -1.54. The summed E-state index contributed by atoms with van der Waals surface area (Å²) in [6.07, 6.45) is 6.51. The number of benzene rings is 1. The molecule has 0 saturated carbocycles. The number of hydrogen-bond donors (Lipinski definition) is 1. The van der Waals surface area contributed by atoms with E-state index in [9.17, 15) is 0 Å². The molecule has 0 fully saturated rings. The largest absolute Gasteiger partial charge is 0.469 e. The third-order valence-electron chi connectivity index (χ3n) is 4.24. The van der Waals surface area contributed by atoms with Gasteiger partial charge in [-0.2, -0.15) is 0 Å². The normalized spacial score (nSPS) is 22.8. The summed E-state index contributed by atoms with van der Waals surface area (Å²) in [6.45, 7) is 0. The summed E-state index contributed by atoms with van der Waals surface area (Å²) in [7, 11) is 2.07. The maximum Gasteiger partial charge on any atom is 0.104 e. The van der Waals surface area contributed by atoms with Crippen molar-refractivity contribution < 1.29 is 4.42 Å². The van der Waals surface area contributed by atoms with Gasteiger partial charge in [-0.1, -0.05) is 24.3 Å². The van der Waals surface area contributed by atoms with Gasteiger partial charge in [0.05, 0.1) is 6.26 Å². The Balaban J connectivity index is 1.88. The van der Waals surface area contributed by atoms with Crippen molar-refractivity contribution in [1.29, 1.82) is 0 Å². The van der Waals surface area contributed by atoms with Gasteiger partial charge in [0.25, 0.3) is 0 Å². The monoisotopic (exact) mass is 255 g/mol. The quantitative estimate of drug-likeness (QED) is 0.845. The predicted molar refractivity (Wildman–Crippen MR) is 77.1 cm³/mol.